The van der Waals surface area contributed by atoms with Gasteiger partial charge >= 0.3 is 11.8 Å². The van der Waals surface area contributed by atoms with Crippen molar-refractivity contribution in [2.45, 2.75) is 6.61 Å². The summed E-state index contributed by atoms with van der Waals surface area (Å²) < 4.78 is 10.8. The van der Waals surface area contributed by atoms with Crippen LogP contribution in [0.1, 0.15) is 11.1 Å². The molecule has 0 aliphatic heterocycles. The molecule has 3 aromatic rings. The molecule has 7 nitrogen and oxygen atoms in total. The summed E-state index contributed by atoms with van der Waals surface area (Å²) in [5.74, 6) is -0.671. The topological polar surface area (TPSA) is 89.0 Å². The summed E-state index contributed by atoms with van der Waals surface area (Å²) >= 11 is 6.00. The lowest BCUT2D eigenvalue weighted by Crippen LogP contribution is -2.32. The first-order valence-electron chi connectivity index (χ1n) is 9.30. The van der Waals surface area contributed by atoms with Crippen molar-refractivity contribution in [2.75, 3.05) is 12.4 Å². The highest BCUT2D eigenvalue weighted by Gasteiger charge is 2.13. The first-order chi connectivity index (χ1) is 15.0. The fourth-order valence-electron chi connectivity index (χ4n) is 2.57. The second-order valence-electron chi connectivity index (χ2n) is 6.35. The number of benzene rings is 3. The summed E-state index contributed by atoms with van der Waals surface area (Å²) in [5, 5.41) is 6.57. The molecule has 0 aromatic heterocycles. The van der Waals surface area contributed by atoms with Gasteiger partial charge in [-0.3, -0.25) is 9.59 Å². The minimum atomic E-state index is -0.917. The van der Waals surface area contributed by atoms with E-state index in [0.717, 1.165) is 5.56 Å². The number of amides is 2. The Hall–Kier alpha value is -3.84. The summed E-state index contributed by atoms with van der Waals surface area (Å²) in [5.41, 5.74) is 4.30. The van der Waals surface area contributed by atoms with E-state index in [0.29, 0.717) is 34.4 Å². The van der Waals surface area contributed by atoms with Gasteiger partial charge in [-0.2, -0.15) is 5.10 Å². The van der Waals surface area contributed by atoms with Crippen LogP contribution in [0.25, 0.3) is 0 Å². The first-order valence-corrected chi connectivity index (χ1v) is 9.67. The Morgan fingerprint density at radius 2 is 1.81 bits per heavy atom. The summed E-state index contributed by atoms with van der Waals surface area (Å²) in [6.07, 6.45) is 1.42. The van der Waals surface area contributed by atoms with Crippen LogP contribution in [0.15, 0.2) is 77.9 Å². The van der Waals surface area contributed by atoms with E-state index in [1.54, 1.807) is 24.3 Å². The highest BCUT2D eigenvalue weighted by Crippen LogP contribution is 2.27. The molecule has 0 unspecified atom stereocenters. The zero-order valence-corrected chi connectivity index (χ0v) is 17.4. The number of rotatable bonds is 7. The largest absolute Gasteiger partial charge is 0.495 e. The highest BCUT2D eigenvalue weighted by atomic mass is 35.5. The van der Waals surface area contributed by atoms with Gasteiger partial charge in [-0.1, -0.05) is 54.1 Å². The number of hydrazone groups is 1. The summed E-state index contributed by atoms with van der Waals surface area (Å²) in [6.45, 7) is 0.438. The lowest BCUT2D eigenvalue weighted by molar-refractivity contribution is -0.136. The molecule has 3 aromatic carbocycles. The summed E-state index contributed by atoms with van der Waals surface area (Å²) in [4.78, 5) is 24.0. The van der Waals surface area contributed by atoms with E-state index in [4.69, 9.17) is 21.1 Å². The molecular formula is C23H20ClN3O4. The van der Waals surface area contributed by atoms with E-state index >= 15 is 0 Å². The maximum Gasteiger partial charge on any atom is 0.329 e. The van der Waals surface area contributed by atoms with Crippen LogP contribution in [-0.4, -0.2) is 25.1 Å². The molecule has 0 saturated heterocycles. The summed E-state index contributed by atoms with van der Waals surface area (Å²) in [7, 11) is 1.48. The molecule has 2 N–H and O–H groups in total. The molecule has 31 heavy (non-hydrogen) atoms. The zero-order chi connectivity index (χ0) is 22.1. The average molecular weight is 438 g/mol. The Labute approximate surface area is 184 Å². The van der Waals surface area contributed by atoms with E-state index in [2.05, 4.69) is 15.8 Å². The van der Waals surface area contributed by atoms with E-state index in [1.807, 2.05) is 42.5 Å². The molecule has 158 valence electrons. The van der Waals surface area contributed by atoms with Gasteiger partial charge in [-0.25, -0.2) is 5.43 Å². The molecule has 0 heterocycles. The van der Waals surface area contributed by atoms with Crippen LogP contribution in [0.2, 0.25) is 5.02 Å². The maximum absolute atomic E-state index is 12.0. The SMILES string of the molecule is COc1ccc(NC(=O)C(=O)N/N=C\c2cccc(OCc3ccccc3)c2)cc1Cl. The second kappa shape index (κ2) is 10.8. The van der Waals surface area contributed by atoms with Crippen LogP contribution in [0.3, 0.4) is 0 Å². The molecule has 0 bridgehead atoms. The first kappa shape index (κ1) is 21.9. The third-order valence-electron chi connectivity index (χ3n) is 4.10. The van der Waals surface area contributed by atoms with E-state index in [1.165, 1.54) is 19.4 Å². The molecule has 0 aliphatic rings. The van der Waals surface area contributed by atoms with Gasteiger partial charge in [0, 0.05) is 5.69 Å². The van der Waals surface area contributed by atoms with Crippen molar-refractivity contribution < 1.29 is 19.1 Å². The van der Waals surface area contributed by atoms with E-state index in [-0.39, 0.29) is 0 Å². The normalized spacial score (nSPS) is 10.5. The number of halogens is 1. The number of hydrogen-bond acceptors (Lipinski definition) is 5. The van der Waals surface area contributed by atoms with Crippen LogP contribution < -0.4 is 20.2 Å². The van der Waals surface area contributed by atoms with Crippen molar-refractivity contribution >= 4 is 35.3 Å². The number of nitrogens with zero attached hydrogens (tertiary/aromatic N) is 1. The molecule has 2 amide bonds. The predicted octanol–water partition coefficient (Wildman–Crippen LogP) is 4.02. The van der Waals surface area contributed by atoms with Crippen molar-refractivity contribution in [1.82, 2.24) is 5.43 Å². The summed E-state index contributed by atoms with van der Waals surface area (Å²) in [6, 6.07) is 21.6. The van der Waals surface area contributed by atoms with Crippen LogP contribution in [0.4, 0.5) is 5.69 Å². The Balaban J connectivity index is 1.52. The lowest BCUT2D eigenvalue weighted by atomic mass is 10.2. The predicted molar refractivity (Wildman–Crippen MR) is 120 cm³/mol. The molecule has 0 radical (unpaired) electrons. The third-order valence-corrected chi connectivity index (χ3v) is 4.40. The number of hydrogen-bond donors (Lipinski definition) is 2. The minimum Gasteiger partial charge on any atom is -0.495 e. The standard InChI is InChI=1S/C23H20ClN3O4/c1-30-21-11-10-18(13-20(21)24)26-22(28)23(29)27-25-14-17-8-5-9-19(12-17)31-15-16-6-3-2-4-7-16/h2-14H,15H2,1H3,(H,26,28)(H,27,29)/b25-14-. The van der Waals surface area contributed by atoms with Gasteiger partial charge < -0.3 is 14.8 Å². The van der Waals surface area contributed by atoms with Crippen molar-refractivity contribution in [3.8, 4) is 11.5 Å². The van der Waals surface area contributed by atoms with Crippen LogP contribution in [0.5, 0.6) is 11.5 Å². The molecule has 0 spiro atoms. The Bertz CT molecular complexity index is 1090. The van der Waals surface area contributed by atoms with E-state index < -0.39 is 11.8 Å². The van der Waals surface area contributed by atoms with Gasteiger partial charge in [-0.05, 0) is 41.5 Å². The van der Waals surface area contributed by atoms with Crippen molar-refractivity contribution in [2.24, 2.45) is 5.10 Å². The molecule has 0 atom stereocenters. The maximum atomic E-state index is 12.0. The zero-order valence-electron chi connectivity index (χ0n) is 16.7. The molecule has 8 heteroatoms. The minimum absolute atomic E-state index is 0.313. The molecule has 3 rings (SSSR count). The van der Waals surface area contributed by atoms with Crippen LogP contribution in [-0.2, 0) is 16.2 Å². The van der Waals surface area contributed by atoms with Gasteiger partial charge in [0.25, 0.3) is 0 Å². The van der Waals surface area contributed by atoms with Crippen LogP contribution >= 0.6 is 11.6 Å². The quantitative estimate of drug-likeness (QED) is 0.332. The van der Waals surface area contributed by atoms with Crippen molar-refractivity contribution in [1.29, 1.82) is 0 Å². The lowest BCUT2D eigenvalue weighted by Gasteiger charge is -2.07. The Kier molecular flexibility index (Phi) is 7.61. The smallest absolute Gasteiger partial charge is 0.329 e. The fourth-order valence-corrected chi connectivity index (χ4v) is 2.83. The van der Waals surface area contributed by atoms with Gasteiger partial charge in [0.1, 0.15) is 18.1 Å². The number of nitrogens with one attached hydrogen (secondary N) is 2. The van der Waals surface area contributed by atoms with Crippen LogP contribution in [0, 0.1) is 0 Å². The Morgan fingerprint density at radius 3 is 2.55 bits per heavy atom. The fraction of sp³-hybridized carbons (Fsp3) is 0.0870. The van der Waals surface area contributed by atoms with E-state index in [9.17, 15) is 9.59 Å². The van der Waals surface area contributed by atoms with Gasteiger partial charge in [0.05, 0.1) is 18.3 Å². The number of anilines is 1. The average Bonchev–Trinajstić information content (AvgIpc) is 2.79. The molecule has 0 aliphatic carbocycles. The molecule has 0 fully saturated rings. The number of carbonyl (C=O) groups is 2. The second-order valence-corrected chi connectivity index (χ2v) is 6.76. The molecule has 0 saturated carbocycles. The van der Waals surface area contributed by atoms with Crippen molar-refractivity contribution in [3.05, 3.63) is 88.9 Å². The number of carbonyl (C=O) groups excluding carboxylic acids is 2. The highest BCUT2D eigenvalue weighted by molar-refractivity contribution is 6.40. The van der Waals surface area contributed by atoms with Gasteiger partial charge in [0.15, 0.2) is 0 Å². The number of methoxy groups -OCH3 is 1. The van der Waals surface area contributed by atoms with Gasteiger partial charge in [-0.15, -0.1) is 0 Å². The third kappa shape index (κ3) is 6.58. The van der Waals surface area contributed by atoms with Crippen molar-refractivity contribution in [3.63, 3.8) is 0 Å². The number of ether oxygens (including phenoxy) is 2. The van der Waals surface area contributed by atoms with Gasteiger partial charge in [0.2, 0.25) is 0 Å². The monoisotopic (exact) mass is 437 g/mol. The molecular weight excluding hydrogens is 418 g/mol. The Morgan fingerprint density at radius 1 is 1.00 bits per heavy atom.